The third-order valence-corrected chi connectivity index (χ3v) is 4.06. The van der Waals surface area contributed by atoms with Crippen LogP contribution in [0, 0.1) is 6.92 Å². The Morgan fingerprint density at radius 2 is 1.84 bits per heavy atom. The molecule has 0 aliphatic carbocycles. The van der Waals surface area contributed by atoms with Gasteiger partial charge in [-0.25, -0.2) is 5.43 Å². The molecular weight excluding hydrogens is 359 g/mol. The second kappa shape index (κ2) is 7.55. The number of nitrogens with zero attached hydrogens (tertiary/aromatic N) is 1. The van der Waals surface area contributed by atoms with Crippen LogP contribution >= 0.6 is 23.2 Å². The van der Waals surface area contributed by atoms with E-state index in [9.17, 15) is 4.79 Å². The maximum Gasteiger partial charge on any atom is 0.271 e. The Bertz CT molecular complexity index is 931. The molecule has 3 aromatic rings. The highest BCUT2D eigenvalue weighted by atomic mass is 35.5. The molecule has 25 heavy (non-hydrogen) atoms. The summed E-state index contributed by atoms with van der Waals surface area (Å²) in [6.45, 7) is 1.96. The fourth-order valence-electron chi connectivity index (χ4n) is 2.18. The van der Waals surface area contributed by atoms with Crippen molar-refractivity contribution in [2.24, 2.45) is 5.10 Å². The van der Waals surface area contributed by atoms with Crippen LogP contribution in [0.1, 0.15) is 21.7 Å². The topological polar surface area (TPSA) is 54.6 Å². The molecule has 1 heterocycles. The summed E-state index contributed by atoms with van der Waals surface area (Å²) >= 11 is 12.1. The van der Waals surface area contributed by atoms with Gasteiger partial charge in [0.2, 0.25) is 0 Å². The molecule has 1 N–H and O–H groups in total. The van der Waals surface area contributed by atoms with Gasteiger partial charge in [0.1, 0.15) is 11.5 Å². The minimum absolute atomic E-state index is 0.291. The average Bonchev–Trinajstić information content (AvgIpc) is 3.06. The van der Waals surface area contributed by atoms with Gasteiger partial charge < -0.3 is 4.42 Å². The second-order valence-corrected chi connectivity index (χ2v) is 6.23. The number of benzene rings is 2. The van der Waals surface area contributed by atoms with Gasteiger partial charge in [0.15, 0.2) is 0 Å². The highest BCUT2D eigenvalue weighted by Gasteiger charge is 2.09. The van der Waals surface area contributed by atoms with Crippen molar-refractivity contribution in [3.8, 4) is 11.3 Å². The van der Waals surface area contributed by atoms with E-state index in [0.29, 0.717) is 32.7 Å². The summed E-state index contributed by atoms with van der Waals surface area (Å²) in [6.07, 6.45) is 1.42. The van der Waals surface area contributed by atoms with Gasteiger partial charge in [0.05, 0.1) is 11.2 Å². The molecule has 0 unspecified atom stereocenters. The maximum absolute atomic E-state index is 12.0. The first-order valence-electron chi connectivity index (χ1n) is 7.48. The van der Waals surface area contributed by atoms with E-state index in [4.69, 9.17) is 27.6 Å². The van der Waals surface area contributed by atoms with E-state index in [1.165, 1.54) is 6.21 Å². The van der Waals surface area contributed by atoms with Gasteiger partial charge in [-0.15, -0.1) is 0 Å². The van der Waals surface area contributed by atoms with Crippen LogP contribution in [-0.4, -0.2) is 12.1 Å². The lowest BCUT2D eigenvalue weighted by molar-refractivity contribution is 0.0955. The number of carbonyl (C=O) groups is 1. The molecule has 1 aromatic heterocycles. The van der Waals surface area contributed by atoms with Crippen molar-refractivity contribution < 1.29 is 9.21 Å². The SMILES string of the molecule is Cc1ccc(C(=O)N/N=C/c2ccc(-c3cc(Cl)ccc3Cl)o2)cc1. The predicted octanol–water partition coefficient (Wildman–Crippen LogP) is 5.33. The van der Waals surface area contributed by atoms with Crippen molar-refractivity contribution in [3.05, 3.63) is 81.5 Å². The molecule has 0 atom stereocenters. The second-order valence-electron chi connectivity index (χ2n) is 5.39. The highest BCUT2D eigenvalue weighted by Crippen LogP contribution is 2.31. The first-order chi connectivity index (χ1) is 12.0. The van der Waals surface area contributed by atoms with Gasteiger partial charge in [-0.1, -0.05) is 40.9 Å². The number of rotatable bonds is 4. The summed E-state index contributed by atoms with van der Waals surface area (Å²) in [5.41, 5.74) is 4.77. The minimum Gasteiger partial charge on any atom is -0.455 e. The molecule has 0 aliphatic heterocycles. The van der Waals surface area contributed by atoms with Gasteiger partial charge in [-0.05, 0) is 49.4 Å². The molecule has 0 aliphatic rings. The first kappa shape index (κ1) is 17.3. The van der Waals surface area contributed by atoms with Gasteiger partial charge >= 0.3 is 0 Å². The summed E-state index contributed by atoms with van der Waals surface area (Å²) in [5.74, 6) is 0.759. The molecule has 126 valence electrons. The quantitative estimate of drug-likeness (QED) is 0.497. The fourth-order valence-corrected chi connectivity index (χ4v) is 2.56. The van der Waals surface area contributed by atoms with Gasteiger partial charge in [-0.2, -0.15) is 5.10 Å². The Balaban J connectivity index is 1.69. The summed E-state index contributed by atoms with van der Waals surface area (Å²) in [4.78, 5) is 12.0. The van der Waals surface area contributed by atoms with Crippen LogP contribution in [0.15, 0.2) is 64.1 Å². The van der Waals surface area contributed by atoms with Crippen LogP contribution in [0.25, 0.3) is 11.3 Å². The summed E-state index contributed by atoms with van der Waals surface area (Å²) in [6, 6.07) is 15.9. The molecule has 4 nitrogen and oxygen atoms in total. The fraction of sp³-hybridized carbons (Fsp3) is 0.0526. The number of carbonyl (C=O) groups excluding carboxylic acids is 1. The third kappa shape index (κ3) is 4.29. The Kier molecular flexibility index (Phi) is 5.22. The van der Waals surface area contributed by atoms with E-state index in [1.807, 2.05) is 19.1 Å². The molecular formula is C19H14Cl2N2O2. The molecule has 3 rings (SSSR count). The van der Waals surface area contributed by atoms with Crippen LogP contribution < -0.4 is 5.43 Å². The molecule has 1 amide bonds. The average molecular weight is 373 g/mol. The zero-order chi connectivity index (χ0) is 17.8. The molecule has 0 bridgehead atoms. The molecule has 0 radical (unpaired) electrons. The lowest BCUT2D eigenvalue weighted by Crippen LogP contribution is -2.17. The molecule has 0 spiro atoms. The van der Waals surface area contributed by atoms with Crippen molar-refractivity contribution in [2.45, 2.75) is 6.92 Å². The van der Waals surface area contributed by atoms with Crippen molar-refractivity contribution in [1.82, 2.24) is 5.43 Å². The van der Waals surface area contributed by atoms with Crippen molar-refractivity contribution in [2.75, 3.05) is 0 Å². The van der Waals surface area contributed by atoms with Gasteiger partial charge in [0, 0.05) is 16.1 Å². The van der Waals surface area contributed by atoms with E-state index in [-0.39, 0.29) is 5.91 Å². The number of nitrogens with one attached hydrogen (secondary N) is 1. The largest absolute Gasteiger partial charge is 0.455 e. The molecule has 2 aromatic carbocycles. The van der Waals surface area contributed by atoms with E-state index >= 15 is 0 Å². The number of aryl methyl sites for hydroxylation is 1. The molecule has 6 heteroatoms. The number of hydrazone groups is 1. The third-order valence-electron chi connectivity index (χ3n) is 3.49. The molecule has 0 saturated heterocycles. The maximum atomic E-state index is 12.0. The normalized spacial score (nSPS) is 11.0. The number of furan rings is 1. The zero-order valence-corrected chi connectivity index (χ0v) is 14.8. The highest BCUT2D eigenvalue weighted by molar-refractivity contribution is 6.35. The number of halogens is 2. The lowest BCUT2D eigenvalue weighted by Gasteiger charge is -2.01. The Morgan fingerprint density at radius 1 is 1.08 bits per heavy atom. The number of amides is 1. The van der Waals surface area contributed by atoms with Crippen molar-refractivity contribution >= 4 is 35.3 Å². The first-order valence-corrected chi connectivity index (χ1v) is 8.24. The Labute approximate surface area is 155 Å². The predicted molar refractivity (Wildman–Crippen MR) is 100 cm³/mol. The van der Waals surface area contributed by atoms with Gasteiger partial charge in [0.25, 0.3) is 5.91 Å². The lowest BCUT2D eigenvalue weighted by atomic mass is 10.1. The standard InChI is InChI=1S/C19H14Cl2N2O2/c1-12-2-4-13(5-3-12)19(24)23-22-11-15-7-9-18(25-15)16-10-14(20)6-8-17(16)21/h2-11H,1H3,(H,23,24)/b22-11+. The molecule has 0 saturated carbocycles. The van der Waals surface area contributed by atoms with Crippen molar-refractivity contribution in [1.29, 1.82) is 0 Å². The smallest absolute Gasteiger partial charge is 0.271 e. The van der Waals surface area contributed by atoms with Crippen LogP contribution in [-0.2, 0) is 0 Å². The minimum atomic E-state index is -0.291. The Hall–Kier alpha value is -2.56. The van der Waals surface area contributed by atoms with E-state index in [0.717, 1.165) is 5.56 Å². The summed E-state index contributed by atoms with van der Waals surface area (Å²) in [5, 5.41) is 5.01. The zero-order valence-electron chi connectivity index (χ0n) is 13.3. The molecule has 0 fully saturated rings. The van der Waals surface area contributed by atoms with E-state index in [2.05, 4.69) is 10.5 Å². The van der Waals surface area contributed by atoms with Crippen LogP contribution in [0.3, 0.4) is 0 Å². The van der Waals surface area contributed by atoms with Gasteiger partial charge in [-0.3, -0.25) is 4.79 Å². The van der Waals surface area contributed by atoms with Crippen LogP contribution in [0.5, 0.6) is 0 Å². The summed E-state index contributed by atoms with van der Waals surface area (Å²) < 4.78 is 5.67. The monoisotopic (exact) mass is 372 g/mol. The van der Waals surface area contributed by atoms with Crippen molar-refractivity contribution in [3.63, 3.8) is 0 Å². The Morgan fingerprint density at radius 3 is 2.60 bits per heavy atom. The van der Waals surface area contributed by atoms with E-state index < -0.39 is 0 Å². The van der Waals surface area contributed by atoms with E-state index in [1.54, 1.807) is 42.5 Å². The number of hydrogen-bond donors (Lipinski definition) is 1. The van der Waals surface area contributed by atoms with Crippen LogP contribution in [0.2, 0.25) is 10.0 Å². The van der Waals surface area contributed by atoms with Crippen LogP contribution in [0.4, 0.5) is 0 Å². The summed E-state index contributed by atoms with van der Waals surface area (Å²) in [7, 11) is 0. The number of hydrogen-bond acceptors (Lipinski definition) is 3.